The van der Waals surface area contributed by atoms with E-state index < -0.39 is 0 Å². The van der Waals surface area contributed by atoms with Crippen molar-refractivity contribution in [1.29, 1.82) is 0 Å². The summed E-state index contributed by atoms with van der Waals surface area (Å²) in [6.45, 7) is 5.84. The second kappa shape index (κ2) is 7.34. The van der Waals surface area contributed by atoms with E-state index in [0.29, 0.717) is 21.7 Å². The van der Waals surface area contributed by atoms with Gasteiger partial charge >= 0.3 is 0 Å². The molecule has 0 spiro atoms. The van der Waals surface area contributed by atoms with Crippen LogP contribution in [0.25, 0.3) is 0 Å². The van der Waals surface area contributed by atoms with Gasteiger partial charge in [0.05, 0.1) is 22.2 Å². The Morgan fingerprint density at radius 3 is 2.80 bits per heavy atom. The van der Waals surface area contributed by atoms with Gasteiger partial charge in [-0.2, -0.15) is 0 Å². The Balaban J connectivity index is 2.09. The van der Waals surface area contributed by atoms with Crippen LogP contribution in [0.2, 0.25) is 10.0 Å². The van der Waals surface area contributed by atoms with Crippen molar-refractivity contribution in [2.75, 3.05) is 23.8 Å². The van der Waals surface area contributed by atoms with Gasteiger partial charge in [0, 0.05) is 13.2 Å². The smallest absolute Gasteiger partial charge is 0.147 e. The van der Waals surface area contributed by atoms with Crippen LogP contribution in [-0.4, -0.2) is 30.3 Å². The second-order valence-corrected chi connectivity index (χ2v) is 5.87. The van der Waals surface area contributed by atoms with E-state index in [-0.39, 0.29) is 12.1 Å². The number of rotatable bonds is 6. The highest BCUT2D eigenvalue weighted by molar-refractivity contribution is 6.37. The van der Waals surface area contributed by atoms with E-state index in [1.807, 2.05) is 0 Å². The molecule has 1 aliphatic rings. The van der Waals surface area contributed by atoms with Crippen LogP contribution in [0, 0.1) is 0 Å². The summed E-state index contributed by atoms with van der Waals surface area (Å²) in [6.07, 6.45) is 3.41. The zero-order valence-electron chi connectivity index (χ0n) is 11.9. The Morgan fingerprint density at radius 1 is 1.40 bits per heavy atom. The first-order valence-corrected chi connectivity index (χ1v) is 7.85. The predicted octanol–water partition coefficient (Wildman–Crippen LogP) is 4.19. The second-order valence-electron chi connectivity index (χ2n) is 5.06. The predicted molar refractivity (Wildman–Crippen MR) is 85.1 cm³/mol. The summed E-state index contributed by atoms with van der Waals surface area (Å²) in [4.78, 5) is 4.48. The average Bonchev–Trinajstić information content (AvgIpc) is 2.94. The standard InChI is InChI=1S/C14H21Cl2N3O/c1-3-6-17-13-10(15)8-11(16)14(19-13)18-9(2)12-5-4-7-20-12/h8-9,12H,3-7H2,1-2H3,(H2,17,18,19). The monoisotopic (exact) mass is 317 g/mol. The first kappa shape index (κ1) is 15.7. The van der Waals surface area contributed by atoms with E-state index in [1.165, 1.54) is 0 Å². The molecule has 112 valence electrons. The van der Waals surface area contributed by atoms with E-state index in [9.17, 15) is 0 Å². The lowest BCUT2D eigenvalue weighted by molar-refractivity contribution is 0.0996. The number of hydrogen-bond donors (Lipinski definition) is 2. The summed E-state index contributed by atoms with van der Waals surface area (Å²) >= 11 is 12.3. The number of nitrogens with zero attached hydrogens (tertiary/aromatic N) is 1. The molecule has 1 aromatic heterocycles. The normalized spacial score (nSPS) is 19.9. The van der Waals surface area contributed by atoms with Crippen molar-refractivity contribution in [2.24, 2.45) is 0 Å². The first-order valence-electron chi connectivity index (χ1n) is 7.10. The van der Waals surface area contributed by atoms with E-state index in [2.05, 4.69) is 29.5 Å². The van der Waals surface area contributed by atoms with Gasteiger partial charge in [-0.05, 0) is 32.3 Å². The third-order valence-corrected chi connectivity index (χ3v) is 3.94. The van der Waals surface area contributed by atoms with Gasteiger partial charge in [-0.3, -0.25) is 0 Å². The first-order chi connectivity index (χ1) is 9.61. The topological polar surface area (TPSA) is 46.2 Å². The van der Waals surface area contributed by atoms with Crippen molar-refractivity contribution in [1.82, 2.24) is 4.98 Å². The molecule has 0 bridgehead atoms. The summed E-state index contributed by atoms with van der Waals surface area (Å²) in [6, 6.07) is 1.89. The van der Waals surface area contributed by atoms with Crippen molar-refractivity contribution in [3.63, 3.8) is 0 Å². The van der Waals surface area contributed by atoms with E-state index in [0.717, 1.165) is 32.4 Å². The number of ether oxygens (including phenoxy) is 1. The Hall–Kier alpha value is -0.710. The minimum atomic E-state index is 0.169. The molecule has 6 heteroatoms. The largest absolute Gasteiger partial charge is 0.376 e. The molecule has 0 amide bonds. The molecular weight excluding hydrogens is 297 g/mol. The third kappa shape index (κ3) is 3.90. The van der Waals surface area contributed by atoms with Gasteiger partial charge in [-0.1, -0.05) is 30.1 Å². The molecule has 2 rings (SSSR count). The highest BCUT2D eigenvalue weighted by atomic mass is 35.5. The molecule has 0 radical (unpaired) electrons. The molecule has 20 heavy (non-hydrogen) atoms. The van der Waals surface area contributed by atoms with Gasteiger partial charge in [-0.25, -0.2) is 4.98 Å². The number of aromatic nitrogens is 1. The van der Waals surface area contributed by atoms with Crippen molar-refractivity contribution in [3.05, 3.63) is 16.1 Å². The Labute approximate surface area is 130 Å². The van der Waals surface area contributed by atoms with Gasteiger partial charge in [0.2, 0.25) is 0 Å². The molecule has 1 saturated heterocycles. The van der Waals surface area contributed by atoms with Crippen LogP contribution < -0.4 is 10.6 Å². The maximum Gasteiger partial charge on any atom is 0.147 e. The summed E-state index contributed by atoms with van der Waals surface area (Å²) in [7, 11) is 0. The SMILES string of the molecule is CCCNc1nc(NC(C)C2CCCO2)c(Cl)cc1Cl. The molecule has 2 unspecified atom stereocenters. The van der Waals surface area contributed by atoms with Crippen LogP contribution in [0.4, 0.5) is 11.6 Å². The minimum absolute atomic E-state index is 0.169. The lowest BCUT2D eigenvalue weighted by Crippen LogP contribution is -2.30. The van der Waals surface area contributed by atoms with Crippen molar-refractivity contribution in [3.8, 4) is 0 Å². The number of halogens is 2. The lowest BCUT2D eigenvalue weighted by Gasteiger charge is -2.21. The number of anilines is 2. The highest BCUT2D eigenvalue weighted by Gasteiger charge is 2.23. The van der Waals surface area contributed by atoms with Crippen LogP contribution in [0.1, 0.15) is 33.1 Å². The molecule has 1 aromatic rings. The molecule has 0 aliphatic carbocycles. The van der Waals surface area contributed by atoms with Gasteiger partial charge in [0.15, 0.2) is 0 Å². The molecule has 2 N–H and O–H groups in total. The van der Waals surface area contributed by atoms with Gasteiger partial charge in [0.25, 0.3) is 0 Å². The zero-order chi connectivity index (χ0) is 14.5. The Kier molecular flexibility index (Phi) is 5.75. The third-order valence-electron chi connectivity index (χ3n) is 3.36. The fraction of sp³-hybridized carbons (Fsp3) is 0.643. The molecule has 0 saturated carbocycles. The Bertz CT molecular complexity index is 450. The van der Waals surface area contributed by atoms with Crippen LogP contribution in [0.15, 0.2) is 6.07 Å². The van der Waals surface area contributed by atoms with Crippen molar-refractivity contribution >= 4 is 34.8 Å². The summed E-state index contributed by atoms with van der Waals surface area (Å²) in [5.74, 6) is 1.32. The van der Waals surface area contributed by atoms with Crippen molar-refractivity contribution < 1.29 is 4.74 Å². The van der Waals surface area contributed by atoms with Gasteiger partial charge in [-0.15, -0.1) is 0 Å². The maximum atomic E-state index is 6.21. The summed E-state index contributed by atoms with van der Waals surface area (Å²) in [5, 5.41) is 7.60. The molecule has 4 nitrogen and oxygen atoms in total. The lowest BCUT2D eigenvalue weighted by atomic mass is 10.1. The number of nitrogens with one attached hydrogen (secondary N) is 2. The highest BCUT2D eigenvalue weighted by Crippen LogP contribution is 2.30. The summed E-state index contributed by atoms with van der Waals surface area (Å²) < 4.78 is 5.67. The summed E-state index contributed by atoms with van der Waals surface area (Å²) in [5.41, 5.74) is 0. The van der Waals surface area contributed by atoms with E-state index in [1.54, 1.807) is 6.07 Å². The fourth-order valence-electron chi connectivity index (χ4n) is 2.24. The van der Waals surface area contributed by atoms with E-state index in [4.69, 9.17) is 27.9 Å². The van der Waals surface area contributed by atoms with E-state index >= 15 is 0 Å². The number of hydrogen-bond acceptors (Lipinski definition) is 4. The van der Waals surface area contributed by atoms with Crippen LogP contribution in [-0.2, 0) is 4.74 Å². The molecular formula is C14H21Cl2N3O. The van der Waals surface area contributed by atoms with Crippen LogP contribution in [0.5, 0.6) is 0 Å². The molecule has 2 atom stereocenters. The molecule has 1 aliphatic heterocycles. The zero-order valence-corrected chi connectivity index (χ0v) is 13.4. The minimum Gasteiger partial charge on any atom is -0.376 e. The van der Waals surface area contributed by atoms with Gasteiger partial charge < -0.3 is 15.4 Å². The van der Waals surface area contributed by atoms with Crippen LogP contribution in [0.3, 0.4) is 0 Å². The number of pyridine rings is 1. The fourth-order valence-corrected chi connectivity index (χ4v) is 2.72. The van der Waals surface area contributed by atoms with Gasteiger partial charge in [0.1, 0.15) is 11.6 Å². The molecule has 2 heterocycles. The molecule has 1 fully saturated rings. The molecule has 0 aromatic carbocycles. The average molecular weight is 318 g/mol. The maximum absolute atomic E-state index is 6.21. The van der Waals surface area contributed by atoms with Crippen molar-refractivity contribution in [2.45, 2.75) is 45.3 Å². The quantitative estimate of drug-likeness (QED) is 0.825. The Morgan fingerprint density at radius 2 is 2.15 bits per heavy atom. The van der Waals surface area contributed by atoms with Crippen LogP contribution >= 0.6 is 23.2 Å².